The zero-order valence-electron chi connectivity index (χ0n) is 11.3. The van der Waals surface area contributed by atoms with Gasteiger partial charge in [0.15, 0.2) is 0 Å². The van der Waals surface area contributed by atoms with Gasteiger partial charge in [-0.05, 0) is 44.2 Å². The van der Waals surface area contributed by atoms with Crippen molar-refractivity contribution in [1.29, 1.82) is 0 Å². The number of rotatable bonds is 3. The number of hydrogen-bond acceptors (Lipinski definition) is 2. The molecule has 0 aliphatic heterocycles. The number of hydrogen-bond donors (Lipinski definition) is 2. The molecule has 3 rings (SSSR count). The van der Waals surface area contributed by atoms with Crippen LogP contribution in [-0.4, -0.2) is 22.6 Å². The molecule has 0 saturated heterocycles. The summed E-state index contributed by atoms with van der Waals surface area (Å²) in [5, 5.41) is 3.13. The highest BCUT2D eigenvalue weighted by Crippen LogP contribution is 2.32. The van der Waals surface area contributed by atoms with Gasteiger partial charge in [-0.2, -0.15) is 0 Å². The Bertz CT molecular complexity index is 450. The van der Waals surface area contributed by atoms with Crippen LogP contribution < -0.4 is 11.1 Å². The highest BCUT2D eigenvalue weighted by molar-refractivity contribution is 5.93. The van der Waals surface area contributed by atoms with E-state index < -0.39 is 0 Å². The standard InChI is InChI=1S/C15H23N3O/c16-12-7-1-2-8-13(12)17-15(19)14-9-4-10-18(14)11-5-3-6-11/h4,9-13H,1-3,5-8,16H2,(H,17,19). The Hall–Kier alpha value is -1.29. The van der Waals surface area contributed by atoms with Gasteiger partial charge in [0.25, 0.3) is 5.91 Å². The summed E-state index contributed by atoms with van der Waals surface area (Å²) in [7, 11) is 0. The minimum Gasteiger partial charge on any atom is -0.346 e. The second kappa shape index (κ2) is 5.37. The molecule has 2 unspecified atom stereocenters. The molecule has 0 bridgehead atoms. The topological polar surface area (TPSA) is 60.0 Å². The number of nitrogens with one attached hydrogen (secondary N) is 1. The van der Waals surface area contributed by atoms with Crippen molar-refractivity contribution in [2.45, 2.75) is 63.1 Å². The van der Waals surface area contributed by atoms with E-state index in [2.05, 4.69) is 9.88 Å². The Morgan fingerprint density at radius 3 is 2.68 bits per heavy atom. The summed E-state index contributed by atoms with van der Waals surface area (Å²) in [6, 6.07) is 4.67. The first kappa shape index (κ1) is 12.7. The number of nitrogens with zero attached hydrogens (tertiary/aromatic N) is 1. The second-order valence-electron chi connectivity index (χ2n) is 5.91. The smallest absolute Gasteiger partial charge is 0.268 e. The first-order valence-corrected chi connectivity index (χ1v) is 7.49. The Labute approximate surface area is 114 Å². The summed E-state index contributed by atoms with van der Waals surface area (Å²) in [5.74, 6) is 0.0410. The molecule has 2 aliphatic carbocycles. The third kappa shape index (κ3) is 2.54. The molecule has 0 spiro atoms. The van der Waals surface area contributed by atoms with E-state index in [4.69, 9.17) is 5.73 Å². The first-order chi connectivity index (χ1) is 9.25. The van der Waals surface area contributed by atoms with E-state index in [0.29, 0.717) is 6.04 Å². The van der Waals surface area contributed by atoms with Crippen LogP contribution in [0.15, 0.2) is 18.3 Å². The van der Waals surface area contributed by atoms with Gasteiger partial charge in [0, 0.05) is 24.3 Å². The average molecular weight is 261 g/mol. The van der Waals surface area contributed by atoms with Gasteiger partial charge < -0.3 is 15.6 Å². The fourth-order valence-electron chi connectivity index (χ4n) is 3.15. The lowest BCUT2D eigenvalue weighted by Gasteiger charge is -2.31. The summed E-state index contributed by atoms with van der Waals surface area (Å²) < 4.78 is 2.13. The van der Waals surface area contributed by atoms with Gasteiger partial charge >= 0.3 is 0 Å². The highest BCUT2D eigenvalue weighted by Gasteiger charge is 2.27. The van der Waals surface area contributed by atoms with Gasteiger partial charge in [-0.3, -0.25) is 4.79 Å². The van der Waals surface area contributed by atoms with Crippen molar-refractivity contribution in [3.05, 3.63) is 24.0 Å². The Balaban J connectivity index is 1.68. The molecular formula is C15H23N3O. The third-order valence-corrected chi connectivity index (χ3v) is 4.62. The van der Waals surface area contributed by atoms with Crippen molar-refractivity contribution in [2.75, 3.05) is 0 Å². The molecule has 1 aromatic heterocycles. The van der Waals surface area contributed by atoms with Crippen LogP contribution in [0.5, 0.6) is 0 Å². The summed E-state index contributed by atoms with van der Waals surface area (Å²) in [4.78, 5) is 12.4. The predicted molar refractivity (Wildman–Crippen MR) is 75.0 cm³/mol. The Morgan fingerprint density at radius 2 is 2.00 bits per heavy atom. The lowest BCUT2D eigenvalue weighted by molar-refractivity contribution is 0.0906. The molecular weight excluding hydrogens is 238 g/mol. The monoisotopic (exact) mass is 261 g/mol. The summed E-state index contributed by atoms with van der Waals surface area (Å²) >= 11 is 0. The van der Waals surface area contributed by atoms with Gasteiger partial charge in [0.05, 0.1) is 0 Å². The Kier molecular flexibility index (Phi) is 3.60. The fourth-order valence-corrected chi connectivity index (χ4v) is 3.15. The normalized spacial score (nSPS) is 27.8. The second-order valence-corrected chi connectivity index (χ2v) is 5.91. The largest absolute Gasteiger partial charge is 0.346 e. The summed E-state index contributed by atoms with van der Waals surface area (Å²) in [6.45, 7) is 0. The molecule has 2 fully saturated rings. The minimum atomic E-state index is 0.0410. The molecule has 3 N–H and O–H groups in total. The van der Waals surface area contributed by atoms with Crippen LogP contribution >= 0.6 is 0 Å². The maximum Gasteiger partial charge on any atom is 0.268 e. The van der Waals surface area contributed by atoms with Crippen molar-refractivity contribution in [3.8, 4) is 0 Å². The van der Waals surface area contributed by atoms with Crippen molar-refractivity contribution in [3.63, 3.8) is 0 Å². The molecule has 4 heteroatoms. The number of amides is 1. The van der Waals surface area contributed by atoms with E-state index in [9.17, 15) is 4.79 Å². The van der Waals surface area contributed by atoms with Crippen LogP contribution in [0.3, 0.4) is 0 Å². The maximum atomic E-state index is 12.4. The fraction of sp³-hybridized carbons (Fsp3) is 0.667. The van der Waals surface area contributed by atoms with Crippen LogP contribution in [0.4, 0.5) is 0 Å². The van der Waals surface area contributed by atoms with E-state index in [0.717, 1.165) is 18.5 Å². The van der Waals surface area contributed by atoms with Gasteiger partial charge in [0.2, 0.25) is 0 Å². The van der Waals surface area contributed by atoms with Crippen molar-refractivity contribution >= 4 is 5.91 Å². The molecule has 0 radical (unpaired) electrons. The number of aromatic nitrogens is 1. The minimum absolute atomic E-state index is 0.0410. The SMILES string of the molecule is NC1CCCCC1NC(=O)c1cccn1C1CCC1. The number of carbonyl (C=O) groups excluding carboxylic acids is 1. The predicted octanol–water partition coefficient (Wildman–Crippen LogP) is 2.21. The highest BCUT2D eigenvalue weighted by atomic mass is 16.2. The van der Waals surface area contributed by atoms with E-state index in [1.54, 1.807) is 0 Å². The van der Waals surface area contributed by atoms with Gasteiger partial charge in [-0.15, -0.1) is 0 Å². The van der Waals surface area contributed by atoms with Crippen LogP contribution in [0.2, 0.25) is 0 Å². The van der Waals surface area contributed by atoms with Gasteiger partial charge in [-0.1, -0.05) is 12.8 Å². The molecule has 1 amide bonds. The average Bonchev–Trinajstić information content (AvgIpc) is 2.79. The van der Waals surface area contributed by atoms with E-state index in [1.165, 1.54) is 32.1 Å². The molecule has 2 saturated carbocycles. The third-order valence-electron chi connectivity index (χ3n) is 4.62. The van der Waals surface area contributed by atoms with Crippen LogP contribution in [-0.2, 0) is 0 Å². The number of carbonyl (C=O) groups is 1. The molecule has 2 atom stereocenters. The Morgan fingerprint density at radius 1 is 1.21 bits per heavy atom. The van der Waals surface area contributed by atoms with E-state index in [1.807, 2.05) is 18.3 Å². The van der Waals surface area contributed by atoms with E-state index in [-0.39, 0.29) is 18.0 Å². The van der Waals surface area contributed by atoms with Crippen molar-refractivity contribution < 1.29 is 4.79 Å². The summed E-state index contributed by atoms with van der Waals surface area (Å²) in [5.41, 5.74) is 6.89. The van der Waals surface area contributed by atoms with Crippen LogP contribution in [0, 0.1) is 0 Å². The van der Waals surface area contributed by atoms with Crippen LogP contribution in [0.25, 0.3) is 0 Å². The molecule has 104 valence electrons. The summed E-state index contributed by atoms with van der Waals surface area (Å²) in [6.07, 6.45) is 10.1. The quantitative estimate of drug-likeness (QED) is 0.876. The molecule has 1 aromatic rings. The molecule has 4 nitrogen and oxygen atoms in total. The van der Waals surface area contributed by atoms with Crippen LogP contribution in [0.1, 0.15) is 61.5 Å². The van der Waals surface area contributed by atoms with Gasteiger partial charge in [-0.25, -0.2) is 0 Å². The lowest BCUT2D eigenvalue weighted by atomic mass is 9.91. The lowest BCUT2D eigenvalue weighted by Crippen LogP contribution is -2.49. The zero-order valence-corrected chi connectivity index (χ0v) is 11.3. The number of nitrogens with two attached hydrogens (primary N) is 1. The first-order valence-electron chi connectivity index (χ1n) is 7.49. The maximum absolute atomic E-state index is 12.4. The molecule has 19 heavy (non-hydrogen) atoms. The molecule has 1 heterocycles. The van der Waals surface area contributed by atoms with Gasteiger partial charge in [0.1, 0.15) is 5.69 Å². The van der Waals surface area contributed by atoms with Crippen molar-refractivity contribution in [1.82, 2.24) is 9.88 Å². The van der Waals surface area contributed by atoms with E-state index >= 15 is 0 Å². The van der Waals surface area contributed by atoms with Crippen molar-refractivity contribution in [2.24, 2.45) is 5.73 Å². The molecule has 2 aliphatic rings. The zero-order chi connectivity index (χ0) is 13.2. The molecule has 0 aromatic carbocycles.